The molecule has 0 atom stereocenters. The van der Waals surface area contributed by atoms with E-state index in [2.05, 4.69) is 15.5 Å². The summed E-state index contributed by atoms with van der Waals surface area (Å²) in [5.74, 6) is 1.19. The molecule has 0 spiro atoms. The van der Waals surface area contributed by atoms with Crippen molar-refractivity contribution in [1.82, 2.24) is 25.1 Å². The molecular formula is C20H23N5O2. The molecule has 0 aliphatic carbocycles. The third-order valence-electron chi connectivity index (χ3n) is 4.11. The van der Waals surface area contributed by atoms with Gasteiger partial charge in [0.1, 0.15) is 12.4 Å². The van der Waals surface area contributed by atoms with Crippen LogP contribution in [-0.4, -0.2) is 38.1 Å². The van der Waals surface area contributed by atoms with Gasteiger partial charge in [0.2, 0.25) is 0 Å². The molecule has 0 bridgehead atoms. The molecule has 3 rings (SSSR count). The van der Waals surface area contributed by atoms with Gasteiger partial charge in [0, 0.05) is 19.2 Å². The second-order valence-corrected chi connectivity index (χ2v) is 6.60. The van der Waals surface area contributed by atoms with Crippen LogP contribution in [0.5, 0.6) is 5.75 Å². The molecule has 0 saturated heterocycles. The SMILES string of the molecule is CC(C)n1nnnc1COc1cccc(C(=O)N(C)Cc2ccccc2)c1. The average Bonchev–Trinajstić information content (AvgIpc) is 3.16. The zero-order chi connectivity index (χ0) is 19.2. The van der Waals surface area contributed by atoms with E-state index in [1.54, 1.807) is 28.8 Å². The fourth-order valence-corrected chi connectivity index (χ4v) is 2.72. The monoisotopic (exact) mass is 365 g/mol. The molecule has 27 heavy (non-hydrogen) atoms. The highest BCUT2D eigenvalue weighted by molar-refractivity contribution is 5.94. The summed E-state index contributed by atoms with van der Waals surface area (Å²) >= 11 is 0. The standard InChI is InChI=1S/C20H23N5O2/c1-15(2)25-19(21-22-23-25)14-27-18-11-7-10-17(12-18)20(26)24(3)13-16-8-5-4-6-9-16/h4-12,15H,13-14H2,1-3H3. The van der Waals surface area contributed by atoms with Gasteiger partial charge in [0.15, 0.2) is 5.82 Å². The molecule has 0 unspecified atom stereocenters. The topological polar surface area (TPSA) is 73.1 Å². The normalized spacial score (nSPS) is 10.8. The first-order valence-corrected chi connectivity index (χ1v) is 8.83. The molecule has 0 fully saturated rings. The number of nitrogens with zero attached hydrogens (tertiary/aromatic N) is 5. The predicted molar refractivity (Wildman–Crippen MR) is 101 cm³/mol. The van der Waals surface area contributed by atoms with Crippen molar-refractivity contribution in [1.29, 1.82) is 0 Å². The Balaban J connectivity index is 1.66. The highest BCUT2D eigenvalue weighted by atomic mass is 16.5. The number of amides is 1. The second-order valence-electron chi connectivity index (χ2n) is 6.60. The number of hydrogen-bond donors (Lipinski definition) is 0. The summed E-state index contributed by atoms with van der Waals surface area (Å²) in [6, 6.07) is 17.2. The van der Waals surface area contributed by atoms with Gasteiger partial charge >= 0.3 is 0 Å². The fraction of sp³-hybridized carbons (Fsp3) is 0.300. The van der Waals surface area contributed by atoms with Gasteiger partial charge in [-0.15, -0.1) is 5.10 Å². The van der Waals surface area contributed by atoms with Gasteiger partial charge in [0.05, 0.1) is 6.04 Å². The summed E-state index contributed by atoms with van der Waals surface area (Å²) < 4.78 is 7.51. The quantitative estimate of drug-likeness (QED) is 0.643. The molecule has 0 radical (unpaired) electrons. The van der Waals surface area contributed by atoms with Crippen LogP contribution in [0.4, 0.5) is 0 Å². The lowest BCUT2D eigenvalue weighted by Gasteiger charge is -2.18. The lowest BCUT2D eigenvalue weighted by molar-refractivity contribution is 0.0784. The molecule has 7 nitrogen and oxygen atoms in total. The minimum absolute atomic E-state index is 0.0590. The molecule has 0 saturated carbocycles. The van der Waals surface area contributed by atoms with Crippen molar-refractivity contribution >= 4 is 5.91 Å². The molecule has 1 amide bonds. The molecule has 7 heteroatoms. The molecule has 1 heterocycles. The van der Waals surface area contributed by atoms with E-state index in [1.807, 2.05) is 56.3 Å². The minimum Gasteiger partial charge on any atom is -0.486 e. The molecule has 3 aromatic rings. The molecule has 1 aromatic heterocycles. The van der Waals surface area contributed by atoms with Crippen molar-refractivity contribution in [3.05, 3.63) is 71.5 Å². The second kappa shape index (κ2) is 8.44. The van der Waals surface area contributed by atoms with Crippen molar-refractivity contribution in [3.8, 4) is 5.75 Å². The van der Waals surface area contributed by atoms with Gasteiger partial charge in [-0.25, -0.2) is 4.68 Å². The Morgan fingerprint density at radius 2 is 1.93 bits per heavy atom. The number of tetrazole rings is 1. The first kappa shape index (κ1) is 18.6. The number of carbonyl (C=O) groups excluding carboxylic acids is 1. The number of aromatic nitrogens is 4. The Morgan fingerprint density at radius 1 is 1.15 bits per heavy atom. The Bertz CT molecular complexity index is 892. The van der Waals surface area contributed by atoms with Gasteiger partial charge in [-0.1, -0.05) is 36.4 Å². The molecule has 2 aromatic carbocycles. The molecule has 0 N–H and O–H groups in total. The van der Waals surface area contributed by atoms with Gasteiger partial charge < -0.3 is 9.64 Å². The van der Waals surface area contributed by atoms with Crippen LogP contribution in [-0.2, 0) is 13.2 Å². The van der Waals surface area contributed by atoms with Crippen LogP contribution in [0.15, 0.2) is 54.6 Å². The first-order chi connectivity index (χ1) is 13.0. The van der Waals surface area contributed by atoms with Gasteiger partial charge in [0.25, 0.3) is 5.91 Å². The van der Waals surface area contributed by atoms with Crippen molar-refractivity contribution in [3.63, 3.8) is 0 Å². The first-order valence-electron chi connectivity index (χ1n) is 8.83. The number of rotatable bonds is 7. The summed E-state index contributed by atoms with van der Waals surface area (Å²) in [7, 11) is 1.79. The average molecular weight is 365 g/mol. The van der Waals surface area contributed by atoms with E-state index in [0.717, 1.165) is 5.56 Å². The maximum absolute atomic E-state index is 12.7. The minimum atomic E-state index is -0.0590. The number of ether oxygens (including phenoxy) is 1. The lowest BCUT2D eigenvalue weighted by atomic mass is 10.1. The van der Waals surface area contributed by atoms with Crippen molar-refractivity contribution in [2.75, 3.05) is 7.05 Å². The van der Waals surface area contributed by atoms with Gasteiger partial charge in [-0.2, -0.15) is 0 Å². The van der Waals surface area contributed by atoms with Crippen LogP contribution in [0.25, 0.3) is 0 Å². The third kappa shape index (κ3) is 4.69. The Hall–Kier alpha value is -3.22. The Kier molecular flexibility index (Phi) is 5.80. The maximum atomic E-state index is 12.7. The Labute approximate surface area is 158 Å². The van der Waals surface area contributed by atoms with E-state index in [1.165, 1.54) is 0 Å². The van der Waals surface area contributed by atoms with Gasteiger partial charge in [-0.05, 0) is 48.0 Å². The molecule has 140 valence electrons. The Morgan fingerprint density at radius 3 is 2.67 bits per heavy atom. The van der Waals surface area contributed by atoms with Crippen molar-refractivity contribution in [2.45, 2.75) is 33.0 Å². The summed E-state index contributed by atoms with van der Waals surface area (Å²) in [5.41, 5.74) is 1.66. The van der Waals surface area contributed by atoms with E-state index in [9.17, 15) is 4.79 Å². The third-order valence-corrected chi connectivity index (χ3v) is 4.11. The van der Waals surface area contributed by atoms with Crippen molar-refractivity contribution < 1.29 is 9.53 Å². The van der Waals surface area contributed by atoms with Crippen LogP contribution in [0, 0.1) is 0 Å². The van der Waals surface area contributed by atoms with Crippen LogP contribution in [0.2, 0.25) is 0 Å². The van der Waals surface area contributed by atoms with E-state index < -0.39 is 0 Å². The number of hydrogen-bond acceptors (Lipinski definition) is 5. The van der Waals surface area contributed by atoms with E-state index >= 15 is 0 Å². The van der Waals surface area contributed by atoms with Gasteiger partial charge in [-0.3, -0.25) is 4.79 Å². The highest BCUT2D eigenvalue weighted by Gasteiger charge is 2.14. The highest BCUT2D eigenvalue weighted by Crippen LogP contribution is 2.17. The van der Waals surface area contributed by atoms with E-state index in [-0.39, 0.29) is 18.6 Å². The predicted octanol–water partition coefficient (Wildman–Crippen LogP) is 3.11. The van der Waals surface area contributed by atoms with E-state index in [4.69, 9.17) is 4.74 Å². The number of carbonyl (C=O) groups is 1. The zero-order valence-corrected chi connectivity index (χ0v) is 15.7. The number of benzene rings is 2. The summed E-state index contributed by atoms with van der Waals surface area (Å²) in [4.78, 5) is 14.4. The van der Waals surface area contributed by atoms with Crippen LogP contribution in [0.1, 0.15) is 41.6 Å². The fourth-order valence-electron chi connectivity index (χ4n) is 2.72. The molecular weight excluding hydrogens is 342 g/mol. The van der Waals surface area contributed by atoms with Crippen LogP contribution < -0.4 is 4.74 Å². The summed E-state index contributed by atoms with van der Waals surface area (Å²) in [5, 5.41) is 11.6. The van der Waals surface area contributed by atoms with Crippen LogP contribution in [0.3, 0.4) is 0 Å². The summed E-state index contributed by atoms with van der Waals surface area (Å²) in [6.45, 7) is 4.79. The molecule has 0 aliphatic heterocycles. The van der Waals surface area contributed by atoms with E-state index in [0.29, 0.717) is 23.7 Å². The lowest BCUT2D eigenvalue weighted by Crippen LogP contribution is -2.26. The molecule has 0 aliphatic rings. The largest absolute Gasteiger partial charge is 0.486 e. The summed E-state index contributed by atoms with van der Waals surface area (Å²) in [6.07, 6.45) is 0. The van der Waals surface area contributed by atoms with Crippen LogP contribution >= 0.6 is 0 Å². The zero-order valence-electron chi connectivity index (χ0n) is 15.7. The maximum Gasteiger partial charge on any atom is 0.254 e. The smallest absolute Gasteiger partial charge is 0.254 e. The van der Waals surface area contributed by atoms with Crippen molar-refractivity contribution in [2.24, 2.45) is 0 Å².